The van der Waals surface area contributed by atoms with Crippen molar-refractivity contribution in [3.8, 4) is 0 Å². The first-order chi connectivity index (χ1) is 17.3. The molecular formula is C33H53N3. The largest absolute Gasteiger partial charge is 0.371 e. The first-order valence-electron chi connectivity index (χ1n) is 14.8. The van der Waals surface area contributed by atoms with Crippen LogP contribution in [0.1, 0.15) is 84.5 Å². The first kappa shape index (κ1) is 27.5. The number of hydrogen-bond donors (Lipinski definition) is 0. The average molecular weight is 492 g/mol. The highest BCUT2D eigenvalue weighted by Crippen LogP contribution is 2.47. The normalized spacial score (nSPS) is 31.1. The fourth-order valence-electron chi connectivity index (χ4n) is 7.34. The Hall–Kier alpha value is -1.58. The summed E-state index contributed by atoms with van der Waals surface area (Å²) in [7, 11) is 7.00. The molecular weight excluding hydrogens is 438 g/mol. The summed E-state index contributed by atoms with van der Waals surface area (Å²) in [6, 6.07) is 0. The van der Waals surface area contributed by atoms with E-state index in [2.05, 4.69) is 92.8 Å². The fraction of sp³-hybridized carbons (Fsp3) is 0.697. The van der Waals surface area contributed by atoms with Crippen molar-refractivity contribution in [1.29, 1.82) is 0 Å². The Morgan fingerprint density at radius 3 is 2.28 bits per heavy atom. The van der Waals surface area contributed by atoms with Gasteiger partial charge >= 0.3 is 0 Å². The van der Waals surface area contributed by atoms with Crippen LogP contribution in [0.3, 0.4) is 0 Å². The molecule has 2 saturated carbocycles. The van der Waals surface area contributed by atoms with Crippen LogP contribution in [0.2, 0.25) is 0 Å². The van der Waals surface area contributed by atoms with Crippen molar-refractivity contribution < 1.29 is 0 Å². The quantitative estimate of drug-likeness (QED) is 0.299. The third-order valence-electron chi connectivity index (χ3n) is 10.1. The van der Waals surface area contributed by atoms with Crippen molar-refractivity contribution in [3.05, 3.63) is 59.9 Å². The van der Waals surface area contributed by atoms with Gasteiger partial charge in [-0.05, 0) is 116 Å². The van der Waals surface area contributed by atoms with Crippen LogP contribution in [0.4, 0.5) is 0 Å². The number of nitrogens with zero attached hydrogens (tertiary/aromatic N) is 3. The Kier molecular flexibility index (Phi) is 9.05. The maximum absolute atomic E-state index is 4.36. The van der Waals surface area contributed by atoms with Crippen molar-refractivity contribution in [2.75, 3.05) is 40.8 Å². The Balaban J connectivity index is 1.52. The van der Waals surface area contributed by atoms with E-state index < -0.39 is 0 Å². The lowest BCUT2D eigenvalue weighted by atomic mass is 9.65. The van der Waals surface area contributed by atoms with E-state index in [4.69, 9.17) is 0 Å². The maximum atomic E-state index is 4.36. The van der Waals surface area contributed by atoms with Crippen molar-refractivity contribution in [2.45, 2.75) is 95.6 Å². The molecule has 0 heterocycles. The van der Waals surface area contributed by atoms with Gasteiger partial charge in [-0.3, -0.25) is 4.90 Å². The van der Waals surface area contributed by atoms with E-state index in [0.29, 0.717) is 5.92 Å². The molecule has 2 fully saturated rings. The average Bonchev–Trinajstić information content (AvgIpc) is 2.85. The Morgan fingerprint density at radius 1 is 1.03 bits per heavy atom. The highest BCUT2D eigenvalue weighted by atomic mass is 15.3. The van der Waals surface area contributed by atoms with Gasteiger partial charge in [0.1, 0.15) is 0 Å². The molecule has 3 heteroatoms. The minimum absolute atomic E-state index is 0.190. The van der Waals surface area contributed by atoms with Gasteiger partial charge in [-0.1, -0.05) is 61.4 Å². The number of allylic oxidation sites excluding steroid dienone is 6. The van der Waals surface area contributed by atoms with Gasteiger partial charge < -0.3 is 9.80 Å². The second-order valence-electron chi connectivity index (χ2n) is 12.7. The third-order valence-corrected chi connectivity index (χ3v) is 10.1. The lowest BCUT2D eigenvalue weighted by Gasteiger charge is -2.56. The van der Waals surface area contributed by atoms with Crippen LogP contribution in [0.25, 0.3) is 0 Å². The Labute approximate surface area is 222 Å². The molecule has 36 heavy (non-hydrogen) atoms. The molecule has 1 atom stereocenters. The number of rotatable bonds is 11. The van der Waals surface area contributed by atoms with Crippen LogP contribution in [0.5, 0.6) is 0 Å². The molecule has 0 aromatic carbocycles. The van der Waals surface area contributed by atoms with Crippen LogP contribution in [-0.2, 0) is 0 Å². The predicted octanol–water partition coefficient (Wildman–Crippen LogP) is 7.36. The molecule has 200 valence electrons. The molecule has 0 spiro atoms. The molecule has 3 nitrogen and oxygen atoms in total. The highest BCUT2D eigenvalue weighted by Gasteiger charge is 2.48. The summed E-state index contributed by atoms with van der Waals surface area (Å²) in [6.07, 6.45) is 28.3. The van der Waals surface area contributed by atoms with Crippen LogP contribution in [-0.4, -0.2) is 66.6 Å². The van der Waals surface area contributed by atoms with E-state index in [9.17, 15) is 0 Å². The summed E-state index contributed by atoms with van der Waals surface area (Å²) in [6.45, 7) is 12.4. The highest BCUT2D eigenvalue weighted by molar-refractivity contribution is 5.32. The molecule has 0 aliphatic heterocycles. The number of likely N-dealkylation sites (N-methyl/N-ethyl adjacent to an activating group) is 2. The van der Waals surface area contributed by atoms with Gasteiger partial charge in [-0.15, -0.1) is 0 Å². The van der Waals surface area contributed by atoms with E-state index >= 15 is 0 Å². The lowest BCUT2D eigenvalue weighted by molar-refractivity contribution is -0.00328. The monoisotopic (exact) mass is 491 g/mol. The van der Waals surface area contributed by atoms with Crippen LogP contribution < -0.4 is 0 Å². The minimum atomic E-state index is 0.190. The van der Waals surface area contributed by atoms with Crippen molar-refractivity contribution in [3.63, 3.8) is 0 Å². The molecule has 0 bridgehead atoms. The molecule has 0 radical (unpaired) electrons. The zero-order valence-corrected chi connectivity index (χ0v) is 24.1. The van der Waals surface area contributed by atoms with Gasteiger partial charge in [-0.25, -0.2) is 0 Å². The van der Waals surface area contributed by atoms with Gasteiger partial charge in [0, 0.05) is 25.2 Å². The minimum Gasteiger partial charge on any atom is -0.371 e. The van der Waals surface area contributed by atoms with Crippen molar-refractivity contribution >= 4 is 0 Å². The van der Waals surface area contributed by atoms with Gasteiger partial charge in [0.25, 0.3) is 0 Å². The van der Waals surface area contributed by atoms with Gasteiger partial charge in [0.05, 0.1) is 5.54 Å². The molecule has 0 saturated heterocycles. The summed E-state index contributed by atoms with van der Waals surface area (Å²) >= 11 is 0. The Morgan fingerprint density at radius 2 is 1.78 bits per heavy atom. The molecule has 0 N–H and O–H groups in total. The van der Waals surface area contributed by atoms with Crippen molar-refractivity contribution in [2.24, 2.45) is 11.8 Å². The summed E-state index contributed by atoms with van der Waals surface area (Å²) in [4.78, 5) is 7.90. The zero-order chi connectivity index (χ0) is 25.8. The number of hydrogen-bond acceptors (Lipinski definition) is 3. The molecule has 0 aromatic heterocycles. The summed E-state index contributed by atoms with van der Waals surface area (Å²) < 4.78 is 0. The molecule has 1 unspecified atom stereocenters. The van der Waals surface area contributed by atoms with E-state index in [0.717, 1.165) is 25.4 Å². The smallest absolute Gasteiger partial charge is 0.0524 e. The lowest BCUT2D eigenvalue weighted by Crippen LogP contribution is -2.61. The summed E-state index contributed by atoms with van der Waals surface area (Å²) in [5.74, 6) is 1.50. The first-order valence-corrected chi connectivity index (χ1v) is 14.8. The third kappa shape index (κ3) is 5.94. The fourth-order valence-corrected chi connectivity index (χ4v) is 7.34. The maximum Gasteiger partial charge on any atom is 0.0524 e. The molecule has 0 aromatic rings. The van der Waals surface area contributed by atoms with Crippen LogP contribution >= 0.6 is 0 Å². The second kappa shape index (κ2) is 11.9. The van der Waals surface area contributed by atoms with E-state index in [1.54, 1.807) is 5.57 Å². The van der Waals surface area contributed by atoms with E-state index in [1.807, 2.05) is 0 Å². The van der Waals surface area contributed by atoms with Crippen LogP contribution in [0, 0.1) is 11.8 Å². The van der Waals surface area contributed by atoms with Gasteiger partial charge in [-0.2, -0.15) is 0 Å². The van der Waals surface area contributed by atoms with E-state index in [-0.39, 0.29) is 11.1 Å². The standard InChI is InChI=1S/C33H53N3/c1-7-28-14-16-30(17-15-28)24-35(6)26-32(36(8-2)25-29-10-9-11-29)20-22-33(23-21-32,34(4)5)31-18-12-27(3)13-19-31/h8,12,14-16,18,29-30H,2,7,9-11,13,17,19-26H2,1,3-6H3. The molecule has 4 aliphatic carbocycles. The molecule has 0 amide bonds. The molecule has 4 rings (SSSR count). The second-order valence-corrected chi connectivity index (χ2v) is 12.7. The van der Waals surface area contributed by atoms with E-state index in [1.165, 1.54) is 81.9 Å². The van der Waals surface area contributed by atoms with Gasteiger partial charge in [0.15, 0.2) is 0 Å². The predicted molar refractivity (Wildman–Crippen MR) is 156 cm³/mol. The summed E-state index contributed by atoms with van der Waals surface area (Å²) in [5.41, 5.74) is 5.08. The van der Waals surface area contributed by atoms with Crippen LogP contribution in [0.15, 0.2) is 59.9 Å². The Bertz CT molecular complexity index is 877. The van der Waals surface area contributed by atoms with Crippen molar-refractivity contribution in [1.82, 2.24) is 14.7 Å². The topological polar surface area (TPSA) is 9.72 Å². The summed E-state index contributed by atoms with van der Waals surface area (Å²) in [5, 5.41) is 0. The SMILES string of the molecule is C=CN(CC1CCC1)C1(CN(C)CC2C=CC(CC)=CC2)CCC(C2=CC=C(C)CC2)(N(C)C)CC1. The zero-order valence-electron chi connectivity index (χ0n) is 24.1. The molecule has 4 aliphatic rings. The van der Waals surface area contributed by atoms with Gasteiger partial charge in [0.2, 0.25) is 0 Å².